The first-order valence-electron chi connectivity index (χ1n) is 5.69. The van der Waals surface area contributed by atoms with E-state index in [1.165, 1.54) is 12.5 Å². The molecule has 88 valence electrons. The lowest BCUT2D eigenvalue weighted by atomic mass is 10.0. The lowest BCUT2D eigenvalue weighted by molar-refractivity contribution is -0.114. The Hall–Kier alpha value is -1.35. The Balaban J connectivity index is 2.60. The van der Waals surface area contributed by atoms with Gasteiger partial charge in [-0.15, -0.1) is 0 Å². The molecule has 0 saturated heterocycles. The molecule has 1 amide bonds. The Morgan fingerprint density at radius 3 is 2.38 bits per heavy atom. The highest BCUT2D eigenvalue weighted by molar-refractivity contribution is 5.88. The number of rotatable bonds is 5. The summed E-state index contributed by atoms with van der Waals surface area (Å²) in [5.74, 6) is -0.0330. The predicted octanol–water partition coefficient (Wildman–Crippen LogP) is 2.19. The van der Waals surface area contributed by atoms with Crippen molar-refractivity contribution in [1.82, 2.24) is 5.32 Å². The summed E-state index contributed by atoms with van der Waals surface area (Å²) in [4.78, 5) is 10.8. The molecule has 0 saturated carbocycles. The van der Waals surface area contributed by atoms with E-state index in [1.54, 1.807) is 0 Å². The third-order valence-corrected chi connectivity index (χ3v) is 2.66. The van der Waals surface area contributed by atoms with E-state index in [9.17, 15) is 4.79 Å². The van der Waals surface area contributed by atoms with Gasteiger partial charge in [0.05, 0.1) is 0 Å². The van der Waals surface area contributed by atoms with Crippen LogP contribution < -0.4 is 10.6 Å². The summed E-state index contributed by atoms with van der Waals surface area (Å²) >= 11 is 0. The monoisotopic (exact) mass is 220 g/mol. The summed E-state index contributed by atoms with van der Waals surface area (Å²) < 4.78 is 0. The van der Waals surface area contributed by atoms with Crippen molar-refractivity contribution in [3.63, 3.8) is 0 Å². The zero-order valence-electron chi connectivity index (χ0n) is 10.2. The van der Waals surface area contributed by atoms with Crippen LogP contribution in [0.25, 0.3) is 0 Å². The van der Waals surface area contributed by atoms with Crippen molar-refractivity contribution in [3.8, 4) is 0 Å². The largest absolute Gasteiger partial charge is 0.326 e. The summed E-state index contributed by atoms with van der Waals surface area (Å²) in [6.45, 7) is 3.69. The maximum Gasteiger partial charge on any atom is 0.221 e. The van der Waals surface area contributed by atoms with E-state index in [4.69, 9.17) is 0 Å². The van der Waals surface area contributed by atoms with Gasteiger partial charge in [-0.1, -0.05) is 19.1 Å². The third-order valence-electron chi connectivity index (χ3n) is 2.66. The van der Waals surface area contributed by atoms with Gasteiger partial charge in [0.1, 0.15) is 0 Å². The normalized spacial score (nSPS) is 12.2. The van der Waals surface area contributed by atoms with Crippen LogP contribution in [0.2, 0.25) is 0 Å². The summed E-state index contributed by atoms with van der Waals surface area (Å²) in [5.41, 5.74) is 2.14. The van der Waals surface area contributed by atoms with Crippen LogP contribution in [-0.4, -0.2) is 19.0 Å². The number of nitrogens with one attached hydrogen (secondary N) is 2. The molecule has 0 fully saturated rings. The number of anilines is 1. The second kappa shape index (κ2) is 6.28. The molecule has 0 radical (unpaired) electrons. The van der Waals surface area contributed by atoms with Crippen LogP contribution >= 0.6 is 0 Å². The Morgan fingerprint density at radius 2 is 1.94 bits per heavy atom. The first-order chi connectivity index (χ1) is 7.65. The molecule has 0 aliphatic carbocycles. The quantitative estimate of drug-likeness (QED) is 0.798. The molecule has 16 heavy (non-hydrogen) atoms. The first kappa shape index (κ1) is 12.7. The molecule has 0 aliphatic rings. The number of hydrogen-bond donors (Lipinski definition) is 2. The third kappa shape index (κ3) is 4.03. The average Bonchev–Trinajstić information content (AvgIpc) is 2.27. The van der Waals surface area contributed by atoms with Gasteiger partial charge in [-0.25, -0.2) is 0 Å². The predicted molar refractivity (Wildman–Crippen MR) is 67.6 cm³/mol. The van der Waals surface area contributed by atoms with Crippen molar-refractivity contribution >= 4 is 11.6 Å². The molecule has 2 N–H and O–H groups in total. The molecular formula is C13H20N2O. The van der Waals surface area contributed by atoms with Crippen LogP contribution in [0.1, 0.15) is 25.8 Å². The zero-order valence-corrected chi connectivity index (χ0v) is 10.2. The SMILES string of the molecule is CCC(Cc1ccc(NC(C)=O)cc1)NC. The van der Waals surface area contributed by atoms with E-state index in [0.717, 1.165) is 18.5 Å². The van der Waals surface area contributed by atoms with Crippen molar-refractivity contribution in [2.75, 3.05) is 12.4 Å². The smallest absolute Gasteiger partial charge is 0.221 e. The molecule has 0 bridgehead atoms. The topological polar surface area (TPSA) is 41.1 Å². The highest BCUT2D eigenvalue weighted by atomic mass is 16.1. The van der Waals surface area contributed by atoms with Crippen LogP contribution in [0.4, 0.5) is 5.69 Å². The number of carbonyl (C=O) groups excluding carboxylic acids is 1. The second-order valence-corrected chi connectivity index (χ2v) is 3.98. The number of benzene rings is 1. The fraction of sp³-hybridized carbons (Fsp3) is 0.462. The number of carbonyl (C=O) groups is 1. The summed E-state index contributed by atoms with van der Waals surface area (Å²) in [5, 5.41) is 6.04. The van der Waals surface area contributed by atoms with Gasteiger partial charge in [-0.2, -0.15) is 0 Å². The maximum absolute atomic E-state index is 10.8. The van der Waals surface area contributed by atoms with E-state index in [-0.39, 0.29) is 5.91 Å². The zero-order chi connectivity index (χ0) is 12.0. The van der Waals surface area contributed by atoms with E-state index in [0.29, 0.717) is 6.04 Å². The standard InChI is InChI=1S/C13H20N2O/c1-4-12(14-3)9-11-5-7-13(8-6-11)15-10(2)16/h5-8,12,14H,4,9H2,1-3H3,(H,15,16). The Kier molecular flexibility index (Phi) is 4.99. The van der Waals surface area contributed by atoms with Crippen LogP contribution in [0, 0.1) is 0 Å². The number of amides is 1. The van der Waals surface area contributed by atoms with Crippen molar-refractivity contribution < 1.29 is 4.79 Å². The first-order valence-corrected chi connectivity index (χ1v) is 5.69. The van der Waals surface area contributed by atoms with Crippen LogP contribution in [0.15, 0.2) is 24.3 Å². The van der Waals surface area contributed by atoms with Gasteiger partial charge in [-0.05, 0) is 37.6 Å². The number of likely N-dealkylation sites (N-methyl/N-ethyl adjacent to an activating group) is 1. The molecule has 1 aromatic carbocycles. The molecule has 0 aliphatic heterocycles. The van der Waals surface area contributed by atoms with Gasteiger partial charge >= 0.3 is 0 Å². The van der Waals surface area contributed by atoms with Crippen LogP contribution in [-0.2, 0) is 11.2 Å². The van der Waals surface area contributed by atoms with Crippen molar-refractivity contribution in [3.05, 3.63) is 29.8 Å². The minimum Gasteiger partial charge on any atom is -0.326 e. The van der Waals surface area contributed by atoms with Gasteiger partial charge in [-0.3, -0.25) is 4.79 Å². The Bertz CT molecular complexity index is 328. The van der Waals surface area contributed by atoms with Gasteiger partial charge in [0.2, 0.25) is 5.91 Å². The molecule has 0 heterocycles. The molecule has 1 rings (SSSR count). The molecule has 3 heteroatoms. The van der Waals surface area contributed by atoms with Gasteiger partial charge in [0, 0.05) is 18.7 Å². The molecular weight excluding hydrogens is 200 g/mol. The maximum atomic E-state index is 10.8. The van der Waals surface area contributed by atoms with Crippen LogP contribution in [0.5, 0.6) is 0 Å². The van der Waals surface area contributed by atoms with Crippen molar-refractivity contribution in [2.24, 2.45) is 0 Å². The molecule has 1 atom stereocenters. The molecule has 0 spiro atoms. The lowest BCUT2D eigenvalue weighted by Crippen LogP contribution is -2.26. The minimum atomic E-state index is -0.0330. The van der Waals surface area contributed by atoms with Crippen LogP contribution in [0.3, 0.4) is 0 Å². The van der Waals surface area contributed by atoms with Crippen molar-refractivity contribution in [2.45, 2.75) is 32.7 Å². The molecule has 3 nitrogen and oxygen atoms in total. The van der Waals surface area contributed by atoms with Crippen molar-refractivity contribution in [1.29, 1.82) is 0 Å². The molecule has 0 aromatic heterocycles. The lowest BCUT2D eigenvalue weighted by Gasteiger charge is -2.13. The summed E-state index contributed by atoms with van der Waals surface area (Å²) in [7, 11) is 1.99. The average molecular weight is 220 g/mol. The summed E-state index contributed by atoms with van der Waals surface area (Å²) in [6.07, 6.45) is 2.14. The van der Waals surface area contributed by atoms with E-state index < -0.39 is 0 Å². The second-order valence-electron chi connectivity index (χ2n) is 3.98. The number of hydrogen-bond acceptors (Lipinski definition) is 2. The highest BCUT2D eigenvalue weighted by Gasteiger charge is 2.04. The highest BCUT2D eigenvalue weighted by Crippen LogP contribution is 2.11. The molecule has 1 unspecified atom stereocenters. The van der Waals surface area contributed by atoms with E-state index in [2.05, 4.69) is 29.7 Å². The van der Waals surface area contributed by atoms with E-state index >= 15 is 0 Å². The molecule has 1 aromatic rings. The van der Waals surface area contributed by atoms with Gasteiger partial charge < -0.3 is 10.6 Å². The minimum absolute atomic E-state index is 0.0330. The Labute approximate surface area is 97.2 Å². The van der Waals surface area contributed by atoms with Gasteiger partial charge in [0.15, 0.2) is 0 Å². The fourth-order valence-corrected chi connectivity index (χ4v) is 1.66. The fourth-order valence-electron chi connectivity index (χ4n) is 1.66. The van der Waals surface area contributed by atoms with Gasteiger partial charge in [0.25, 0.3) is 0 Å². The van der Waals surface area contributed by atoms with E-state index in [1.807, 2.05) is 19.2 Å². The Morgan fingerprint density at radius 1 is 1.31 bits per heavy atom. The summed E-state index contributed by atoms with van der Waals surface area (Å²) in [6, 6.07) is 8.53.